The van der Waals surface area contributed by atoms with Crippen LogP contribution in [0.4, 0.5) is 0 Å². The predicted molar refractivity (Wildman–Crippen MR) is 67.4 cm³/mol. The Morgan fingerprint density at radius 1 is 1.38 bits per heavy atom. The third-order valence-corrected chi connectivity index (χ3v) is 2.40. The molecule has 0 aromatic carbocycles. The van der Waals surface area contributed by atoms with Crippen LogP contribution in [0.5, 0.6) is 0 Å². The lowest BCUT2D eigenvalue weighted by Gasteiger charge is -2.17. The average molecular weight is 219 g/mol. The van der Waals surface area contributed by atoms with Crippen LogP contribution < -0.4 is 5.32 Å². The number of nitrogens with zero attached hydrogens (tertiary/aromatic N) is 2. The van der Waals surface area contributed by atoms with E-state index in [4.69, 9.17) is 0 Å². The standard InChI is InChI=1S/C13H21N3/c1-6-14-13(7-9(2)3)12-8-10(4)15-16-11(12)5/h7-8,13-14H,6H2,1-5H3. The number of likely N-dealkylation sites (N-methyl/N-ethyl adjacent to an activating group) is 1. The maximum absolute atomic E-state index is 4.17. The third kappa shape index (κ3) is 3.42. The van der Waals surface area contributed by atoms with Gasteiger partial charge in [-0.15, -0.1) is 0 Å². The van der Waals surface area contributed by atoms with Gasteiger partial charge >= 0.3 is 0 Å². The Morgan fingerprint density at radius 3 is 2.62 bits per heavy atom. The first-order valence-electron chi connectivity index (χ1n) is 5.73. The summed E-state index contributed by atoms with van der Waals surface area (Å²) in [5, 5.41) is 11.7. The molecule has 88 valence electrons. The third-order valence-electron chi connectivity index (χ3n) is 2.40. The van der Waals surface area contributed by atoms with Crippen LogP contribution in [0.2, 0.25) is 0 Å². The van der Waals surface area contributed by atoms with Crippen LogP contribution in [0.25, 0.3) is 0 Å². The van der Waals surface area contributed by atoms with Crippen molar-refractivity contribution < 1.29 is 0 Å². The van der Waals surface area contributed by atoms with Crippen molar-refractivity contribution in [3.63, 3.8) is 0 Å². The molecule has 0 aliphatic rings. The largest absolute Gasteiger partial charge is 0.307 e. The van der Waals surface area contributed by atoms with E-state index in [1.807, 2.05) is 13.8 Å². The lowest BCUT2D eigenvalue weighted by atomic mass is 10.0. The number of aromatic nitrogens is 2. The van der Waals surface area contributed by atoms with Crippen molar-refractivity contribution in [3.05, 3.63) is 34.7 Å². The highest BCUT2D eigenvalue weighted by atomic mass is 15.1. The minimum atomic E-state index is 0.240. The van der Waals surface area contributed by atoms with E-state index in [0.29, 0.717) is 0 Å². The Labute approximate surface area is 98.0 Å². The quantitative estimate of drug-likeness (QED) is 0.791. The average Bonchev–Trinajstić information content (AvgIpc) is 2.20. The van der Waals surface area contributed by atoms with Crippen LogP contribution in [0.3, 0.4) is 0 Å². The summed E-state index contributed by atoms with van der Waals surface area (Å²) in [4.78, 5) is 0. The number of allylic oxidation sites excluding steroid dienone is 1. The summed E-state index contributed by atoms with van der Waals surface area (Å²) in [5.41, 5.74) is 4.48. The summed E-state index contributed by atoms with van der Waals surface area (Å²) in [5.74, 6) is 0. The fraction of sp³-hybridized carbons (Fsp3) is 0.538. The molecule has 0 aliphatic carbocycles. The van der Waals surface area contributed by atoms with Gasteiger partial charge in [0.25, 0.3) is 0 Å². The summed E-state index contributed by atoms with van der Waals surface area (Å²) in [7, 11) is 0. The number of aryl methyl sites for hydroxylation is 2. The van der Waals surface area contributed by atoms with Crippen molar-refractivity contribution in [1.29, 1.82) is 0 Å². The molecule has 0 saturated heterocycles. The van der Waals surface area contributed by atoms with E-state index in [2.05, 4.69) is 48.4 Å². The second-order valence-corrected chi connectivity index (χ2v) is 4.31. The molecule has 1 heterocycles. The van der Waals surface area contributed by atoms with Gasteiger partial charge in [0, 0.05) is 0 Å². The minimum Gasteiger partial charge on any atom is -0.307 e. The molecule has 1 unspecified atom stereocenters. The number of nitrogens with one attached hydrogen (secondary N) is 1. The van der Waals surface area contributed by atoms with E-state index < -0.39 is 0 Å². The van der Waals surface area contributed by atoms with Gasteiger partial charge in [0.2, 0.25) is 0 Å². The van der Waals surface area contributed by atoms with Gasteiger partial charge in [0.15, 0.2) is 0 Å². The zero-order valence-electron chi connectivity index (χ0n) is 10.8. The van der Waals surface area contributed by atoms with Crippen molar-refractivity contribution in [2.24, 2.45) is 0 Å². The molecular weight excluding hydrogens is 198 g/mol. The van der Waals surface area contributed by atoms with Gasteiger partial charge in [-0.3, -0.25) is 0 Å². The van der Waals surface area contributed by atoms with Crippen LogP contribution in [0.1, 0.15) is 43.8 Å². The van der Waals surface area contributed by atoms with E-state index in [-0.39, 0.29) is 6.04 Å². The Kier molecular flexibility index (Phi) is 4.62. The second-order valence-electron chi connectivity index (χ2n) is 4.31. The number of hydrogen-bond donors (Lipinski definition) is 1. The van der Waals surface area contributed by atoms with Crippen LogP contribution in [-0.4, -0.2) is 16.7 Å². The van der Waals surface area contributed by atoms with Gasteiger partial charge in [-0.25, -0.2) is 0 Å². The predicted octanol–water partition coefficient (Wildman–Crippen LogP) is 2.71. The Balaban J connectivity index is 3.09. The van der Waals surface area contributed by atoms with E-state index >= 15 is 0 Å². The Bertz CT molecular complexity index is 379. The molecule has 1 aromatic heterocycles. The molecule has 0 bridgehead atoms. The van der Waals surface area contributed by atoms with Crippen molar-refractivity contribution in [3.8, 4) is 0 Å². The first-order chi connectivity index (χ1) is 7.54. The number of rotatable bonds is 4. The fourth-order valence-electron chi connectivity index (χ4n) is 1.70. The highest BCUT2D eigenvalue weighted by molar-refractivity contribution is 5.28. The smallest absolute Gasteiger partial charge is 0.0651 e. The van der Waals surface area contributed by atoms with Crippen molar-refractivity contribution >= 4 is 0 Å². The van der Waals surface area contributed by atoms with Gasteiger partial charge in [0.1, 0.15) is 0 Å². The van der Waals surface area contributed by atoms with Gasteiger partial charge < -0.3 is 5.32 Å². The van der Waals surface area contributed by atoms with Crippen LogP contribution >= 0.6 is 0 Å². The highest BCUT2D eigenvalue weighted by Gasteiger charge is 2.11. The van der Waals surface area contributed by atoms with Crippen molar-refractivity contribution in [2.45, 2.75) is 40.7 Å². The molecule has 0 radical (unpaired) electrons. The maximum Gasteiger partial charge on any atom is 0.0651 e. The first kappa shape index (κ1) is 12.8. The van der Waals surface area contributed by atoms with Gasteiger partial charge in [-0.05, 0) is 45.9 Å². The van der Waals surface area contributed by atoms with Crippen molar-refractivity contribution in [1.82, 2.24) is 15.5 Å². The summed E-state index contributed by atoms with van der Waals surface area (Å²) in [6, 6.07) is 2.35. The lowest BCUT2D eigenvalue weighted by Crippen LogP contribution is -2.21. The first-order valence-corrected chi connectivity index (χ1v) is 5.73. The molecule has 0 aliphatic heterocycles. The summed E-state index contributed by atoms with van der Waals surface area (Å²) >= 11 is 0. The number of hydrogen-bond acceptors (Lipinski definition) is 3. The van der Waals surface area contributed by atoms with Crippen LogP contribution in [0, 0.1) is 13.8 Å². The monoisotopic (exact) mass is 219 g/mol. The van der Waals surface area contributed by atoms with Crippen LogP contribution in [0.15, 0.2) is 17.7 Å². The Hall–Kier alpha value is -1.22. The molecule has 1 N–H and O–H groups in total. The Morgan fingerprint density at radius 2 is 2.06 bits per heavy atom. The van der Waals surface area contributed by atoms with E-state index in [1.165, 1.54) is 11.1 Å². The molecule has 1 aromatic rings. The van der Waals surface area contributed by atoms with Gasteiger partial charge in [-0.2, -0.15) is 10.2 Å². The highest BCUT2D eigenvalue weighted by Crippen LogP contribution is 2.19. The second kappa shape index (κ2) is 5.75. The minimum absolute atomic E-state index is 0.240. The van der Waals surface area contributed by atoms with E-state index in [0.717, 1.165) is 17.9 Å². The molecule has 3 heteroatoms. The molecular formula is C13H21N3. The SMILES string of the molecule is CCNC(C=C(C)C)c1cc(C)nnc1C. The van der Waals surface area contributed by atoms with Gasteiger partial charge in [0.05, 0.1) is 17.4 Å². The zero-order chi connectivity index (χ0) is 12.1. The molecule has 1 rings (SSSR count). The molecule has 3 nitrogen and oxygen atoms in total. The lowest BCUT2D eigenvalue weighted by molar-refractivity contribution is 0.634. The molecule has 16 heavy (non-hydrogen) atoms. The molecule has 0 saturated carbocycles. The summed E-state index contributed by atoms with van der Waals surface area (Å²) in [6.07, 6.45) is 2.23. The topological polar surface area (TPSA) is 37.8 Å². The normalized spacial score (nSPS) is 12.3. The van der Waals surface area contributed by atoms with E-state index in [1.54, 1.807) is 0 Å². The molecule has 1 atom stereocenters. The van der Waals surface area contributed by atoms with E-state index in [9.17, 15) is 0 Å². The van der Waals surface area contributed by atoms with Gasteiger partial charge in [-0.1, -0.05) is 18.6 Å². The summed E-state index contributed by atoms with van der Waals surface area (Å²) in [6.45, 7) is 11.3. The summed E-state index contributed by atoms with van der Waals surface area (Å²) < 4.78 is 0. The molecule has 0 fully saturated rings. The zero-order valence-corrected chi connectivity index (χ0v) is 10.8. The van der Waals surface area contributed by atoms with Crippen molar-refractivity contribution in [2.75, 3.05) is 6.54 Å². The maximum atomic E-state index is 4.17. The molecule has 0 amide bonds. The molecule has 0 spiro atoms. The fourth-order valence-corrected chi connectivity index (χ4v) is 1.70. The van der Waals surface area contributed by atoms with Crippen LogP contribution in [-0.2, 0) is 0 Å².